The Morgan fingerprint density at radius 1 is 1.47 bits per heavy atom. The highest BCUT2D eigenvalue weighted by Gasteiger charge is 2.41. The average Bonchev–Trinajstić information content (AvgIpc) is 2.49. The maximum atomic E-state index is 14.5. The SMILES string of the molecule is Cn1ccc(CC(F)(CN)C(C)(C)C)n1. The van der Waals surface area contributed by atoms with Crippen LogP contribution in [0.1, 0.15) is 26.5 Å². The van der Waals surface area contributed by atoms with Gasteiger partial charge in [-0.15, -0.1) is 0 Å². The quantitative estimate of drug-likeness (QED) is 0.830. The van der Waals surface area contributed by atoms with Crippen LogP contribution < -0.4 is 5.73 Å². The Morgan fingerprint density at radius 3 is 2.40 bits per heavy atom. The molecular weight excluding hydrogens is 193 g/mol. The van der Waals surface area contributed by atoms with E-state index in [1.807, 2.05) is 40.1 Å². The first-order valence-electron chi connectivity index (χ1n) is 5.16. The molecular formula is C11H20FN3. The molecule has 0 aromatic carbocycles. The van der Waals surface area contributed by atoms with Crippen molar-refractivity contribution >= 4 is 0 Å². The Balaban J connectivity index is 2.86. The van der Waals surface area contributed by atoms with Crippen molar-refractivity contribution in [1.82, 2.24) is 9.78 Å². The number of nitrogens with zero attached hydrogens (tertiary/aromatic N) is 2. The van der Waals surface area contributed by atoms with Crippen molar-refractivity contribution in [1.29, 1.82) is 0 Å². The van der Waals surface area contributed by atoms with Crippen LogP contribution in [0, 0.1) is 5.41 Å². The number of nitrogens with two attached hydrogens (primary N) is 1. The number of rotatable bonds is 3. The van der Waals surface area contributed by atoms with Crippen molar-refractivity contribution in [3.8, 4) is 0 Å². The van der Waals surface area contributed by atoms with Crippen LogP contribution in [0.15, 0.2) is 12.3 Å². The molecule has 0 bridgehead atoms. The fourth-order valence-electron chi connectivity index (χ4n) is 1.49. The predicted molar refractivity (Wildman–Crippen MR) is 59.3 cm³/mol. The topological polar surface area (TPSA) is 43.8 Å². The molecule has 2 N–H and O–H groups in total. The Bertz CT molecular complexity index is 327. The number of aromatic nitrogens is 2. The molecule has 0 amide bonds. The lowest BCUT2D eigenvalue weighted by Crippen LogP contribution is -2.47. The van der Waals surface area contributed by atoms with Gasteiger partial charge in [0.05, 0.1) is 5.69 Å². The highest BCUT2D eigenvalue weighted by atomic mass is 19.1. The third kappa shape index (κ3) is 2.56. The molecule has 0 saturated carbocycles. The molecule has 0 aliphatic rings. The fourth-order valence-corrected chi connectivity index (χ4v) is 1.49. The lowest BCUT2D eigenvalue weighted by atomic mass is 9.75. The lowest BCUT2D eigenvalue weighted by molar-refractivity contribution is 0.0372. The van der Waals surface area contributed by atoms with E-state index < -0.39 is 11.1 Å². The van der Waals surface area contributed by atoms with Crippen molar-refractivity contribution in [2.75, 3.05) is 6.54 Å². The number of hydrogen-bond acceptors (Lipinski definition) is 2. The van der Waals surface area contributed by atoms with Gasteiger partial charge >= 0.3 is 0 Å². The molecule has 0 fully saturated rings. The largest absolute Gasteiger partial charge is 0.327 e. The zero-order valence-corrected chi connectivity index (χ0v) is 9.92. The van der Waals surface area contributed by atoms with Crippen molar-refractivity contribution in [2.24, 2.45) is 18.2 Å². The maximum absolute atomic E-state index is 14.5. The van der Waals surface area contributed by atoms with Gasteiger partial charge < -0.3 is 5.73 Å². The van der Waals surface area contributed by atoms with Crippen LogP contribution in [0.5, 0.6) is 0 Å². The van der Waals surface area contributed by atoms with E-state index in [2.05, 4.69) is 5.10 Å². The molecule has 0 radical (unpaired) electrons. The summed E-state index contributed by atoms with van der Waals surface area (Å²) in [7, 11) is 1.82. The van der Waals surface area contributed by atoms with Gasteiger partial charge in [0.2, 0.25) is 0 Å². The summed E-state index contributed by atoms with van der Waals surface area (Å²) >= 11 is 0. The molecule has 0 saturated heterocycles. The van der Waals surface area contributed by atoms with E-state index in [0.717, 1.165) is 5.69 Å². The summed E-state index contributed by atoms with van der Waals surface area (Å²) in [4.78, 5) is 0. The minimum atomic E-state index is -1.40. The van der Waals surface area contributed by atoms with E-state index in [1.165, 1.54) is 0 Å². The van der Waals surface area contributed by atoms with Crippen LogP contribution in [0.4, 0.5) is 4.39 Å². The Hall–Kier alpha value is -0.900. The predicted octanol–water partition coefficient (Wildman–Crippen LogP) is 1.68. The molecule has 0 aliphatic carbocycles. The van der Waals surface area contributed by atoms with Crippen LogP contribution in [0.3, 0.4) is 0 Å². The van der Waals surface area contributed by atoms with E-state index in [4.69, 9.17) is 5.73 Å². The summed E-state index contributed by atoms with van der Waals surface area (Å²) < 4.78 is 16.2. The molecule has 15 heavy (non-hydrogen) atoms. The second-order valence-corrected chi connectivity index (χ2v) is 5.08. The first-order valence-corrected chi connectivity index (χ1v) is 5.16. The minimum absolute atomic E-state index is 0.0209. The third-order valence-corrected chi connectivity index (χ3v) is 2.90. The summed E-state index contributed by atoms with van der Waals surface area (Å²) in [5.74, 6) is 0. The first kappa shape index (κ1) is 12.2. The lowest BCUT2D eigenvalue weighted by Gasteiger charge is -2.36. The molecule has 0 spiro atoms. The van der Waals surface area contributed by atoms with E-state index in [1.54, 1.807) is 4.68 Å². The standard InChI is InChI=1S/C11H20FN3/c1-10(2,3)11(12,8-13)7-9-5-6-15(4)14-9/h5-6H,7-8,13H2,1-4H3. The van der Waals surface area contributed by atoms with E-state index in [-0.39, 0.29) is 13.0 Å². The van der Waals surface area contributed by atoms with Gasteiger partial charge in [0, 0.05) is 26.2 Å². The summed E-state index contributed by atoms with van der Waals surface area (Å²) in [5, 5.41) is 4.18. The molecule has 86 valence electrons. The summed E-state index contributed by atoms with van der Waals surface area (Å²) in [6.07, 6.45) is 2.09. The van der Waals surface area contributed by atoms with Crippen molar-refractivity contribution < 1.29 is 4.39 Å². The van der Waals surface area contributed by atoms with Gasteiger partial charge in [-0.1, -0.05) is 20.8 Å². The molecule has 0 aliphatic heterocycles. The molecule has 1 rings (SSSR count). The first-order chi connectivity index (χ1) is 6.78. The number of aryl methyl sites for hydroxylation is 1. The molecule has 1 aromatic rings. The van der Waals surface area contributed by atoms with Crippen molar-refractivity contribution in [3.63, 3.8) is 0 Å². The van der Waals surface area contributed by atoms with Gasteiger partial charge in [-0.05, 0) is 11.5 Å². The van der Waals surface area contributed by atoms with Gasteiger partial charge in [0.1, 0.15) is 5.67 Å². The van der Waals surface area contributed by atoms with E-state index >= 15 is 0 Å². The smallest absolute Gasteiger partial charge is 0.133 e. The van der Waals surface area contributed by atoms with Gasteiger partial charge in [-0.3, -0.25) is 4.68 Å². The normalized spacial score (nSPS) is 16.4. The van der Waals surface area contributed by atoms with Crippen LogP contribution in [0.2, 0.25) is 0 Å². The minimum Gasteiger partial charge on any atom is -0.327 e. The number of alkyl halides is 1. The van der Waals surface area contributed by atoms with E-state index in [0.29, 0.717) is 0 Å². The molecule has 1 atom stereocenters. The van der Waals surface area contributed by atoms with Crippen LogP contribution in [-0.4, -0.2) is 22.0 Å². The zero-order chi connectivity index (χ0) is 11.7. The van der Waals surface area contributed by atoms with Crippen molar-refractivity contribution in [2.45, 2.75) is 32.9 Å². The number of halogens is 1. The number of hydrogen-bond donors (Lipinski definition) is 1. The Kier molecular flexibility index (Phi) is 3.19. The van der Waals surface area contributed by atoms with Gasteiger partial charge in [-0.25, -0.2) is 4.39 Å². The molecule has 1 unspecified atom stereocenters. The van der Waals surface area contributed by atoms with Crippen LogP contribution in [0.25, 0.3) is 0 Å². The fraction of sp³-hybridized carbons (Fsp3) is 0.727. The summed E-state index contributed by atoms with van der Waals surface area (Å²) in [5.41, 5.74) is 4.41. The maximum Gasteiger partial charge on any atom is 0.133 e. The zero-order valence-electron chi connectivity index (χ0n) is 9.92. The molecule has 1 aromatic heterocycles. The third-order valence-electron chi connectivity index (χ3n) is 2.90. The summed E-state index contributed by atoms with van der Waals surface area (Å²) in [6, 6.07) is 1.83. The monoisotopic (exact) mass is 213 g/mol. The second-order valence-electron chi connectivity index (χ2n) is 5.08. The highest BCUT2D eigenvalue weighted by Crippen LogP contribution is 2.35. The van der Waals surface area contributed by atoms with Gasteiger partial charge in [0.15, 0.2) is 0 Å². The average molecular weight is 213 g/mol. The van der Waals surface area contributed by atoms with Gasteiger partial charge in [-0.2, -0.15) is 5.10 Å². The summed E-state index contributed by atoms with van der Waals surface area (Å²) in [6.45, 7) is 5.61. The van der Waals surface area contributed by atoms with Crippen LogP contribution >= 0.6 is 0 Å². The Morgan fingerprint density at radius 2 is 2.07 bits per heavy atom. The van der Waals surface area contributed by atoms with Crippen LogP contribution in [-0.2, 0) is 13.5 Å². The highest BCUT2D eigenvalue weighted by molar-refractivity contribution is 5.07. The molecule has 4 heteroatoms. The van der Waals surface area contributed by atoms with E-state index in [9.17, 15) is 4.39 Å². The van der Waals surface area contributed by atoms with Gasteiger partial charge in [0.25, 0.3) is 0 Å². The molecule has 3 nitrogen and oxygen atoms in total. The second kappa shape index (κ2) is 3.93. The van der Waals surface area contributed by atoms with Crippen molar-refractivity contribution in [3.05, 3.63) is 18.0 Å². The Labute approximate surface area is 90.5 Å². The molecule has 1 heterocycles.